The standard InChI is InChI=1S/C15H21ClN2O3/c1-21-14-3-2-11(16)10-13(14)17-7-4-15(20)18-8-5-12(19)6-9-18/h2-3,10,12,17,19H,4-9H2,1H3. The number of halogens is 1. The molecule has 2 rings (SSSR count). The fraction of sp³-hybridized carbons (Fsp3) is 0.533. The molecule has 0 spiro atoms. The summed E-state index contributed by atoms with van der Waals surface area (Å²) in [5.41, 5.74) is 0.784. The van der Waals surface area contributed by atoms with Crippen LogP contribution in [0.15, 0.2) is 18.2 Å². The Morgan fingerprint density at radius 2 is 2.19 bits per heavy atom. The summed E-state index contributed by atoms with van der Waals surface area (Å²) in [6.07, 6.45) is 1.48. The number of carbonyl (C=O) groups excluding carboxylic acids is 1. The SMILES string of the molecule is COc1ccc(Cl)cc1NCCC(=O)N1CCC(O)CC1. The van der Waals surface area contributed by atoms with Crippen LogP contribution in [0.25, 0.3) is 0 Å². The van der Waals surface area contributed by atoms with Crippen LogP contribution in [-0.4, -0.2) is 48.8 Å². The molecule has 5 nitrogen and oxygen atoms in total. The Bertz CT molecular complexity index is 488. The van der Waals surface area contributed by atoms with Gasteiger partial charge >= 0.3 is 0 Å². The van der Waals surface area contributed by atoms with Gasteiger partial charge in [-0.1, -0.05) is 11.6 Å². The van der Waals surface area contributed by atoms with Crippen LogP contribution in [0, 0.1) is 0 Å². The van der Waals surface area contributed by atoms with Crippen LogP contribution >= 0.6 is 11.6 Å². The van der Waals surface area contributed by atoms with E-state index in [2.05, 4.69) is 5.32 Å². The molecule has 1 saturated heterocycles. The van der Waals surface area contributed by atoms with E-state index in [1.54, 1.807) is 25.3 Å². The van der Waals surface area contributed by atoms with Gasteiger partial charge in [-0.3, -0.25) is 4.79 Å². The Balaban J connectivity index is 1.81. The Hall–Kier alpha value is -1.46. The predicted octanol–water partition coefficient (Wildman–Crippen LogP) is 2.13. The molecule has 2 N–H and O–H groups in total. The van der Waals surface area contributed by atoms with E-state index < -0.39 is 0 Å². The average Bonchev–Trinajstić information content (AvgIpc) is 2.48. The van der Waals surface area contributed by atoms with Gasteiger partial charge in [-0.05, 0) is 31.0 Å². The minimum absolute atomic E-state index is 0.107. The van der Waals surface area contributed by atoms with Crippen LogP contribution in [0.3, 0.4) is 0 Å². The molecule has 116 valence electrons. The van der Waals surface area contributed by atoms with Crippen molar-refractivity contribution in [3.05, 3.63) is 23.2 Å². The summed E-state index contributed by atoms with van der Waals surface area (Å²) in [6, 6.07) is 5.33. The van der Waals surface area contributed by atoms with Crippen molar-refractivity contribution in [2.24, 2.45) is 0 Å². The second-order valence-corrected chi connectivity index (χ2v) is 5.57. The molecule has 6 heteroatoms. The van der Waals surface area contributed by atoms with Gasteiger partial charge in [0.25, 0.3) is 0 Å². The lowest BCUT2D eigenvalue weighted by Gasteiger charge is -2.29. The molecule has 1 amide bonds. The normalized spacial score (nSPS) is 15.9. The molecule has 0 unspecified atom stereocenters. The van der Waals surface area contributed by atoms with Crippen molar-refractivity contribution in [2.45, 2.75) is 25.4 Å². The van der Waals surface area contributed by atoms with E-state index in [1.807, 2.05) is 4.90 Å². The Morgan fingerprint density at radius 3 is 2.86 bits per heavy atom. The second kappa shape index (κ2) is 7.52. The number of amides is 1. The number of nitrogens with zero attached hydrogens (tertiary/aromatic N) is 1. The van der Waals surface area contributed by atoms with Gasteiger partial charge in [0.2, 0.25) is 5.91 Å². The van der Waals surface area contributed by atoms with Crippen molar-refractivity contribution >= 4 is 23.2 Å². The maximum atomic E-state index is 12.1. The van der Waals surface area contributed by atoms with E-state index in [0.29, 0.717) is 49.7 Å². The van der Waals surface area contributed by atoms with E-state index in [4.69, 9.17) is 16.3 Å². The van der Waals surface area contributed by atoms with Crippen LogP contribution in [0.5, 0.6) is 5.75 Å². The zero-order valence-corrected chi connectivity index (χ0v) is 12.9. The van der Waals surface area contributed by atoms with Crippen LogP contribution in [0.2, 0.25) is 5.02 Å². The smallest absolute Gasteiger partial charge is 0.224 e. The van der Waals surface area contributed by atoms with E-state index >= 15 is 0 Å². The third-order valence-electron chi connectivity index (χ3n) is 3.63. The molecule has 1 aromatic rings. The maximum Gasteiger partial charge on any atom is 0.224 e. The van der Waals surface area contributed by atoms with E-state index in [1.165, 1.54) is 0 Å². The lowest BCUT2D eigenvalue weighted by atomic mass is 10.1. The number of ether oxygens (including phenoxy) is 1. The number of benzene rings is 1. The third kappa shape index (κ3) is 4.51. The number of aliphatic hydroxyl groups is 1. The number of piperidine rings is 1. The third-order valence-corrected chi connectivity index (χ3v) is 3.87. The van der Waals surface area contributed by atoms with Gasteiger partial charge < -0.3 is 20.1 Å². The van der Waals surface area contributed by atoms with Crippen molar-refractivity contribution in [1.82, 2.24) is 4.90 Å². The van der Waals surface area contributed by atoms with Gasteiger partial charge in [0.1, 0.15) is 5.75 Å². The van der Waals surface area contributed by atoms with Crippen molar-refractivity contribution in [2.75, 3.05) is 32.1 Å². The van der Waals surface area contributed by atoms with Crippen molar-refractivity contribution in [3.63, 3.8) is 0 Å². The highest BCUT2D eigenvalue weighted by molar-refractivity contribution is 6.30. The van der Waals surface area contributed by atoms with Crippen molar-refractivity contribution in [1.29, 1.82) is 0 Å². The van der Waals surface area contributed by atoms with Crippen LogP contribution in [0.4, 0.5) is 5.69 Å². The van der Waals surface area contributed by atoms with E-state index in [9.17, 15) is 9.90 Å². The number of hydrogen-bond acceptors (Lipinski definition) is 4. The highest BCUT2D eigenvalue weighted by Gasteiger charge is 2.20. The second-order valence-electron chi connectivity index (χ2n) is 5.13. The molecule has 0 atom stereocenters. The summed E-state index contributed by atoms with van der Waals surface area (Å²) in [5.74, 6) is 0.809. The van der Waals surface area contributed by atoms with Crippen LogP contribution in [-0.2, 0) is 4.79 Å². The Morgan fingerprint density at radius 1 is 1.48 bits per heavy atom. The molecule has 1 heterocycles. The Kier molecular flexibility index (Phi) is 5.70. The average molecular weight is 313 g/mol. The first-order chi connectivity index (χ1) is 10.1. The van der Waals surface area contributed by atoms with Gasteiger partial charge in [-0.2, -0.15) is 0 Å². The van der Waals surface area contributed by atoms with Gasteiger partial charge in [0.05, 0.1) is 18.9 Å². The highest BCUT2D eigenvalue weighted by atomic mass is 35.5. The molecular formula is C15H21ClN2O3. The quantitative estimate of drug-likeness (QED) is 0.874. The number of anilines is 1. The molecule has 1 aliphatic rings. The lowest BCUT2D eigenvalue weighted by Crippen LogP contribution is -2.40. The minimum Gasteiger partial charge on any atom is -0.495 e. The number of hydrogen-bond donors (Lipinski definition) is 2. The first-order valence-corrected chi connectivity index (χ1v) is 7.51. The zero-order chi connectivity index (χ0) is 15.2. The molecular weight excluding hydrogens is 292 g/mol. The predicted molar refractivity (Wildman–Crippen MR) is 82.9 cm³/mol. The molecule has 0 bridgehead atoms. The Labute approximate surface area is 129 Å². The van der Waals surface area contributed by atoms with Gasteiger partial charge in [0.15, 0.2) is 0 Å². The van der Waals surface area contributed by atoms with Gasteiger partial charge in [-0.25, -0.2) is 0 Å². The summed E-state index contributed by atoms with van der Waals surface area (Å²) in [7, 11) is 1.60. The first-order valence-electron chi connectivity index (χ1n) is 7.13. The number of likely N-dealkylation sites (tertiary alicyclic amines) is 1. The summed E-state index contributed by atoms with van der Waals surface area (Å²) < 4.78 is 5.24. The van der Waals surface area contributed by atoms with Crippen LogP contribution < -0.4 is 10.1 Å². The largest absolute Gasteiger partial charge is 0.495 e. The van der Waals surface area contributed by atoms with Gasteiger partial charge in [-0.15, -0.1) is 0 Å². The zero-order valence-electron chi connectivity index (χ0n) is 12.1. The van der Waals surface area contributed by atoms with Crippen LogP contribution in [0.1, 0.15) is 19.3 Å². The summed E-state index contributed by atoms with van der Waals surface area (Å²) >= 11 is 5.96. The summed E-state index contributed by atoms with van der Waals surface area (Å²) in [4.78, 5) is 13.9. The fourth-order valence-corrected chi connectivity index (χ4v) is 2.57. The minimum atomic E-state index is -0.261. The number of aliphatic hydroxyl groups excluding tert-OH is 1. The molecule has 0 radical (unpaired) electrons. The summed E-state index contributed by atoms with van der Waals surface area (Å²) in [6.45, 7) is 1.80. The fourth-order valence-electron chi connectivity index (χ4n) is 2.40. The lowest BCUT2D eigenvalue weighted by molar-refractivity contribution is -0.132. The highest BCUT2D eigenvalue weighted by Crippen LogP contribution is 2.27. The topological polar surface area (TPSA) is 61.8 Å². The molecule has 21 heavy (non-hydrogen) atoms. The molecule has 1 aliphatic heterocycles. The van der Waals surface area contributed by atoms with Crippen molar-refractivity contribution in [3.8, 4) is 5.75 Å². The number of methoxy groups -OCH3 is 1. The number of carbonyl (C=O) groups is 1. The monoisotopic (exact) mass is 312 g/mol. The van der Waals surface area contributed by atoms with E-state index in [-0.39, 0.29) is 12.0 Å². The van der Waals surface area contributed by atoms with Gasteiger partial charge in [0, 0.05) is 31.1 Å². The molecule has 0 aromatic heterocycles. The molecule has 0 saturated carbocycles. The first kappa shape index (κ1) is 15.9. The number of rotatable bonds is 5. The van der Waals surface area contributed by atoms with Crippen molar-refractivity contribution < 1.29 is 14.6 Å². The number of nitrogens with one attached hydrogen (secondary N) is 1. The molecule has 0 aliphatic carbocycles. The summed E-state index contributed by atoms with van der Waals surface area (Å²) in [5, 5.41) is 13.2. The van der Waals surface area contributed by atoms with E-state index in [0.717, 1.165) is 5.69 Å². The maximum absolute atomic E-state index is 12.1. The molecule has 1 aromatic carbocycles. The molecule has 1 fully saturated rings.